The number of fused-ring (bicyclic) bond motifs is 2. The van der Waals surface area contributed by atoms with Crippen molar-refractivity contribution in [1.29, 1.82) is 5.41 Å². The lowest BCUT2D eigenvalue weighted by molar-refractivity contribution is 0.951. The minimum Gasteiger partial charge on any atom is -0.378 e. The van der Waals surface area contributed by atoms with Gasteiger partial charge in [-0.15, -0.1) is 0 Å². The molecular weight excluding hydrogens is 254 g/mol. The molecule has 3 nitrogen and oxygen atoms in total. The van der Waals surface area contributed by atoms with Crippen molar-refractivity contribution in [2.24, 2.45) is 10.9 Å². The Bertz CT molecular complexity index is 614. The van der Waals surface area contributed by atoms with Gasteiger partial charge in [0.2, 0.25) is 0 Å². The molecule has 1 aromatic carbocycles. The van der Waals surface area contributed by atoms with E-state index in [4.69, 9.17) is 10.4 Å². The molecule has 1 aliphatic heterocycles. The van der Waals surface area contributed by atoms with Crippen LogP contribution in [0.4, 0.5) is 11.4 Å². The summed E-state index contributed by atoms with van der Waals surface area (Å²) in [7, 11) is 4.10. The van der Waals surface area contributed by atoms with Crippen molar-refractivity contribution >= 4 is 34.6 Å². The van der Waals surface area contributed by atoms with Crippen LogP contribution in [-0.4, -0.2) is 25.5 Å². The third kappa shape index (κ3) is 2.21. The van der Waals surface area contributed by atoms with Crippen molar-refractivity contribution in [3.05, 3.63) is 29.2 Å². The molecule has 0 aromatic heterocycles. The molecule has 1 unspecified atom stereocenters. The highest BCUT2D eigenvalue weighted by molar-refractivity contribution is 8.04. The van der Waals surface area contributed by atoms with Gasteiger partial charge in [0.25, 0.3) is 0 Å². The molecular formula is C15H17N3S. The highest BCUT2D eigenvalue weighted by atomic mass is 32.2. The van der Waals surface area contributed by atoms with Crippen LogP contribution in [0.3, 0.4) is 0 Å². The van der Waals surface area contributed by atoms with E-state index in [1.54, 1.807) is 11.8 Å². The summed E-state index contributed by atoms with van der Waals surface area (Å²) in [6, 6.07) is 6.35. The topological polar surface area (TPSA) is 39.5 Å². The maximum absolute atomic E-state index is 7.95. The molecule has 19 heavy (non-hydrogen) atoms. The van der Waals surface area contributed by atoms with Gasteiger partial charge in [0.15, 0.2) is 0 Å². The molecule has 2 aliphatic rings. The highest BCUT2D eigenvalue weighted by Gasteiger charge is 2.25. The maximum Gasteiger partial charge on any atom is 0.0774 e. The standard InChI is InChI=1S/C15H17N3S/c1-9-6-14-13(8-11(9)16)17-12-5-4-10(18(2)3)7-15(12)19-14/h4-7,9,16H,8H2,1-3H3. The van der Waals surface area contributed by atoms with Crippen LogP contribution in [0, 0.1) is 11.3 Å². The molecule has 0 saturated carbocycles. The quantitative estimate of drug-likeness (QED) is 0.842. The number of thioether (sulfide) groups is 1. The summed E-state index contributed by atoms with van der Waals surface area (Å²) in [5.41, 5.74) is 4.04. The van der Waals surface area contributed by atoms with Gasteiger partial charge < -0.3 is 10.3 Å². The number of anilines is 1. The van der Waals surface area contributed by atoms with Gasteiger partial charge in [-0.05, 0) is 18.2 Å². The van der Waals surface area contributed by atoms with E-state index in [2.05, 4.69) is 36.1 Å². The Morgan fingerprint density at radius 3 is 2.89 bits per heavy atom. The fourth-order valence-electron chi connectivity index (χ4n) is 2.26. The van der Waals surface area contributed by atoms with E-state index in [1.807, 2.05) is 14.1 Å². The largest absolute Gasteiger partial charge is 0.378 e. The third-order valence-electron chi connectivity index (χ3n) is 3.53. The number of aliphatic imine (C=N–C) groups is 1. The van der Waals surface area contributed by atoms with Crippen LogP contribution in [-0.2, 0) is 0 Å². The smallest absolute Gasteiger partial charge is 0.0774 e. The molecule has 98 valence electrons. The van der Waals surface area contributed by atoms with E-state index in [1.165, 1.54) is 15.5 Å². The van der Waals surface area contributed by atoms with Crippen molar-refractivity contribution in [1.82, 2.24) is 0 Å². The Morgan fingerprint density at radius 2 is 2.16 bits per heavy atom. The second-order valence-electron chi connectivity index (χ2n) is 5.23. The van der Waals surface area contributed by atoms with Gasteiger partial charge in [0, 0.05) is 47.6 Å². The van der Waals surface area contributed by atoms with Gasteiger partial charge in [-0.3, -0.25) is 4.99 Å². The van der Waals surface area contributed by atoms with Gasteiger partial charge in [-0.25, -0.2) is 0 Å². The number of nitrogens with zero attached hydrogens (tertiary/aromatic N) is 2. The monoisotopic (exact) mass is 271 g/mol. The molecule has 1 atom stereocenters. The van der Waals surface area contributed by atoms with E-state index in [9.17, 15) is 0 Å². The Kier molecular flexibility index (Phi) is 2.97. The van der Waals surface area contributed by atoms with E-state index < -0.39 is 0 Å². The summed E-state index contributed by atoms with van der Waals surface area (Å²) in [4.78, 5) is 9.26. The highest BCUT2D eigenvalue weighted by Crippen LogP contribution is 2.44. The van der Waals surface area contributed by atoms with Crippen molar-refractivity contribution in [3.63, 3.8) is 0 Å². The number of allylic oxidation sites excluding steroid dienone is 2. The summed E-state index contributed by atoms with van der Waals surface area (Å²) >= 11 is 1.79. The molecule has 0 saturated heterocycles. The van der Waals surface area contributed by atoms with Gasteiger partial charge in [0.1, 0.15) is 0 Å². The van der Waals surface area contributed by atoms with Gasteiger partial charge >= 0.3 is 0 Å². The second kappa shape index (κ2) is 4.53. The van der Waals surface area contributed by atoms with Crippen LogP contribution in [0.1, 0.15) is 13.3 Å². The fourth-order valence-corrected chi connectivity index (χ4v) is 3.40. The normalized spacial score (nSPS) is 21.2. The fraction of sp³-hybridized carbons (Fsp3) is 0.333. The molecule has 1 heterocycles. The summed E-state index contributed by atoms with van der Waals surface area (Å²) in [5, 5.41) is 7.95. The molecule has 1 aromatic rings. The van der Waals surface area contributed by atoms with Gasteiger partial charge in [-0.1, -0.05) is 24.8 Å². The molecule has 1 aliphatic carbocycles. The number of hydrogen-bond donors (Lipinski definition) is 1. The average Bonchev–Trinajstić information content (AvgIpc) is 2.37. The number of rotatable bonds is 1. The summed E-state index contributed by atoms with van der Waals surface area (Å²) in [5.74, 6) is 0.236. The second-order valence-corrected chi connectivity index (χ2v) is 6.31. The molecule has 4 heteroatoms. The van der Waals surface area contributed by atoms with Crippen LogP contribution < -0.4 is 4.90 Å². The molecule has 0 bridgehead atoms. The predicted octanol–water partition coefficient (Wildman–Crippen LogP) is 3.87. The lowest BCUT2D eigenvalue weighted by Gasteiger charge is -2.25. The number of nitrogens with one attached hydrogen (secondary N) is 1. The maximum atomic E-state index is 7.95. The Labute approximate surface area is 117 Å². The first-order valence-corrected chi connectivity index (χ1v) is 7.22. The zero-order valence-electron chi connectivity index (χ0n) is 11.4. The van der Waals surface area contributed by atoms with E-state index in [0.717, 1.165) is 17.1 Å². The zero-order valence-corrected chi connectivity index (χ0v) is 12.2. The first-order valence-electron chi connectivity index (χ1n) is 6.41. The molecule has 0 spiro atoms. The van der Waals surface area contributed by atoms with Crippen molar-refractivity contribution in [3.8, 4) is 0 Å². The molecule has 1 N–H and O–H groups in total. The van der Waals surface area contributed by atoms with Gasteiger partial charge in [-0.2, -0.15) is 0 Å². The molecule has 0 amide bonds. The SMILES string of the molecule is CC1C=C2Sc3cc(N(C)C)ccc3N=C2CC1=N. The minimum atomic E-state index is 0.236. The first-order chi connectivity index (χ1) is 9.04. The van der Waals surface area contributed by atoms with Crippen molar-refractivity contribution in [2.75, 3.05) is 19.0 Å². The van der Waals surface area contributed by atoms with E-state index >= 15 is 0 Å². The van der Waals surface area contributed by atoms with Crippen LogP contribution >= 0.6 is 11.8 Å². The van der Waals surface area contributed by atoms with Crippen LogP contribution in [0.25, 0.3) is 0 Å². The van der Waals surface area contributed by atoms with Crippen LogP contribution in [0.5, 0.6) is 0 Å². The van der Waals surface area contributed by atoms with Crippen molar-refractivity contribution in [2.45, 2.75) is 18.2 Å². The lowest BCUT2D eigenvalue weighted by atomic mass is 9.93. The number of hydrogen-bond acceptors (Lipinski definition) is 4. The molecule has 0 radical (unpaired) electrons. The molecule has 0 fully saturated rings. The summed E-state index contributed by atoms with van der Waals surface area (Å²) in [6.07, 6.45) is 2.86. The Morgan fingerprint density at radius 1 is 1.37 bits per heavy atom. The van der Waals surface area contributed by atoms with E-state index in [-0.39, 0.29) is 5.92 Å². The zero-order chi connectivity index (χ0) is 13.6. The third-order valence-corrected chi connectivity index (χ3v) is 4.67. The number of benzene rings is 1. The summed E-state index contributed by atoms with van der Waals surface area (Å²) in [6.45, 7) is 2.08. The summed E-state index contributed by atoms with van der Waals surface area (Å²) < 4.78 is 0. The van der Waals surface area contributed by atoms with E-state index in [0.29, 0.717) is 6.42 Å². The minimum absolute atomic E-state index is 0.236. The van der Waals surface area contributed by atoms with Crippen LogP contribution in [0.15, 0.2) is 39.1 Å². The lowest BCUT2D eigenvalue weighted by Crippen LogP contribution is -2.21. The molecule has 3 rings (SSSR count). The predicted molar refractivity (Wildman–Crippen MR) is 83.3 cm³/mol. The average molecular weight is 271 g/mol. The van der Waals surface area contributed by atoms with Gasteiger partial charge in [0.05, 0.1) is 11.4 Å². The Balaban J connectivity index is 2.04. The van der Waals surface area contributed by atoms with Crippen LogP contribution in [0.2, 0.25) is 0 Å². The first kappa shape index (κ1) is 12.5. The van der Waals surface area contributed by atoms with Crippen molar-refractivity contribution < 1.29 is 0 Å². The Hall–Kier alpha value is -1.55.